The highest BCUT2D eigenvalue weighted by Gasteiger charge is 2.18. The van der Waals surface area contributed by atoms with E-state index in [0.29, 0.717) is 29.9 Å². The topological polar surface area (TPSA) is 40.5 Å². The summed E-state index contributed by atoms with van der Waals surface area (Å²) >= 11 is 5.69. The molecule has 1 amide bonds. The number of rotatable bonds is 4. The van der Waals surface area contributed by atoms with Gasteiger partial charge in [0.25, 0.3) is 5.91 Å². The molecule has 0 fully saturated rings. The number of hydrogen-bond donors (Lipinski definition) is 1. The van der Waals surface area contributed by atoms with Gasteiger partial charge in [0.1, 0.15) is 5.75 Å². The van der Waals surface area contributed by atoms with Crippen LogP contribution >= 0.6 is 11.6 Å². The van der Waals surface area contributed by atoms with Crippen molar-refractivity contribution in [3.8, 4) is 5.75 Å². The Bertz CT molecular complexity index is 598. The van der Waals surface area contributed by atoms with Crippen molar-refractivity contribution in [3.05, 3.63) is 42.0 Å². The van der Waals surface area contributed by atoms with Crippen LogP contribution in [0.2, 0.25) is 0 Å². The lowest BCUT2D eigenvalue weighted by Crippen LogP contribution is -2.32. The molecular weight excluding hydrogens is 262 g/mol. The summed E-state index contributed by atoms with van der Waals surface area (Å²) in [5.41, 5.74) is 0.325. The minimum atomic E-state index is -0.189. The van der Waals surface area contributed by atoms with Gasteiger partial charge in [-0.1, -0.05) is 30.3 Å². The van der Waals surface area contributed by atoms with Gasteiger partial charge in [-0.05, 0) is 18.4 Å². The number of benzene rings is 2. The average Bonchev–Trinajstić information content (AvgIpc) is 2.45. The van der Waals surface area contributed by atoms with Crippen LogP contribution in [0.25, 0.3) is 10.8 Å². The zero-order valence-corrected chi connectivity index (χ0v) is 11.5. The number of carbonyl (C=O) groups excluding carboxylic acids is 1. The molecule has 0 aromatic heterocycles. The number of alkyl halides is 1. The van der Waals surface area contributed by atoms with Gasteiger partial charge in [0.15, 0.2) is 0 Å². The molecule has 0 aliphatic heterocycles. The van der Waals surface area contributed by atoms with Crippen LogP contribution in [0, 0.1) is 0 Å². The lowest BCUT2D eigenvalue weighted by atomic mass is 10.0. The quantitative estimate of drug-likeness (QED) is 0.872. The minimum Gasteiger partial charge on any atom is -0.506 e. The van der Waals surface area contributed by atoms with Crippen LogP contribution in [0.15, 0.2) is 36.4 Å². The Kier molecular flexibility index (Phi) is 4.27. The molecule has 2 rings (SSSR count). The Labute approximate surface area is 117 Å². The summed E-state index contributed by atoms with van der Waals surface area (Å²) in [5.74, 6) is 0.232. The summed E-state index contributed by atoms with van der Waals surface area (Å²) in [6.07, 6.45) is 0. The van der Waals surface area contributed by atoms with Crippen LogP contribution in [-0.4, -0.2) is 34.9 Å². The van der Waals surface area contributed by atoms with E-state index in [2.05, 4.69) is 0 Å². The molecule has 0 radical (unpaired) electrons. The summed E-state index contributed by atoms with van der Waals surface area (Å²) in [6, 6.07) is 11.0. The first kappa shape index (κ1) is 13.7. The molecule has 2 aromatic carbocycles. The molecule has 4 heteroatoms. The maximum absolute atomic E-state index is 12.3. The molecule has 2 aromatic rings. The molecular formula is C15H16ClNO2. The number of aromatic hydroxyl groups is 1. The number of halogens is 1. The molecule has 0 saturated heterocycles. The first-order chi connectivity index (χ1) is 9.19. The smallest absolute Gasteiger partial charge is 0.257 e. The number of phenols is 1. The van der Waals surface area contributed by atoms with Crippen molar-refractivity contribution >= 4 is 28.3 Å². The lowest BCUT2D eigenvalue weighted by Gasteiger charge is -2.20. The van der Waals surface area contributed by atoms with Gasteiger partial charge in [-0.3, -0.25) is 4.79 Å². The van der Waals surface area contributed by atoms with Crippen LogP contribution < -0.4 is 0 Å². The highest BCUT2D eigenvalue weighted by molar-refractivity contribution is 6.18. The van der Waals surface area contributed by atoms with Gasteiger partial charge >= 0.3 is 0 Å². The first-order valence-corrected chi connectivity index (χ1v) is 6.78. The SMILES string of the molecule is CCN(CCCl)C(=O)c1ccc2ccccc2c1O. The number of nitrogens with zero attached hydrogens (tertiary/aromatic N) is 1. The fraction of sp³-hybridized carbons (Fsp3) is 0.267. The zero-order valence-electron chi connectivity index (χ0n) is 10.8. The lowest BCUT2D eigenvalue weighted by molar-refractivity contribution is 0.0771. The third-order valence-corrected chi connectivity index (χ3v) is 3.32. The number of hydrogen-bond acceptors (Lipinski definition) is 2. The normalized spacial score (nSPS) is 10.6. The Morgan fingerprint density at radius 2 is 2.00 bits per heavy atom. The number of carbonyl (C=O) groups is 1. The second-order valence-electron chi connectivity index (χ2n) is 4.26. The van der Waals surface area contributed by atoms with Crippen molar-refractivity contribution in [3.63, 3.8) is 0 Å². The zero-order chi connectivity index (χ0) is 13.8. The Hall–Kier alpha value is -1.74. The van der Waals surface area contributed by atoms with Crippen LogP contribution in [0.1, 0.15) is 17.3 Å². The van der Waals surface area contributed by atoms with Gasteiger partial charge in [0, 0.05) is 24.4 Å². The van der Waals surface area contributed by atoms with E-state index < -0.39 is 0 Å². The molecule has 0 saturated carbocycles. The van der Waals surface area contributed by atoms with Gasteiger partial charge in [0.2, 0.25) is 0 Å². The van der Waals surface area contributed by atoms with Crippen molar-refractivity contribution in [1.29, 1.82) is 0 Å². The largest absolute Gasteiger partial charge is 0.506 e. The van der Waals surface area contributed by atoms with Gasteiger partial charge in [-0.2, -0.15) is 0 Å². The van der Waals surface area contributed by atoms with Crippen molar-refractivity contribution < 1.29 is 9.90 Å². The van der Waals surface area contributed by atoms with E-state index in [1.807, 2.05) is 31.2 Å². The predicted octanol–water partition coefficient (Wildman–Crippen LogP) is 3.25. The van der Waals surface area contributed by atoms with Crippen LogP contribution in [0.5, 0.6) is 5.75 Å². The molecule has 3 nitrogen and oxygen atoms in total. The molecule has 0 spiro atoms. The third kappa shape index (κ3) is 2.66. The second kappa shape index (κ2) is 5.93. The molecule has 0 aliphatic rings. The summed E-state index contributed by atoms with van der Waals surface area (Å²) in [5, 5.41) is 11.9. The second-order valence-corrected chi connectivity index (χ2v) is 4.63. The van der Waals surface area contributed by atoms with Gasteiger partial charge in [-0.25, -0.2) is 0 Å². The van der Waals surface area contributed by atoms with E-state index in [9.17, 15) is 9.90 Å². The number of fused-ring (bicyclic) bond motifs is 1. The molecule has 0 bridgehead atoms. The van der Waals surface area contributed by atoms with Crippen molar-refractivity contribution in [1.82, 2.24) is 4.90 Å². The van der Waals surface area contributed by atoms with Gasteiger partial charge < -0.3 is 10.0 Å². The summed E-state index contributed by atoms with van der Waals surface area (Å²) < 4.78 is 0. The minimum absolute atomic E-state index is 0.0381. The van der Waals surface area contributed by atoms with Gasteiger partial charge in [0.05, 0.1) is 5.56 Å². The Morgan fingerprint density at radius 3 is 2.68 bits per heavy atom. The van der Waals surface area contributed by atoms with Crippen molar-refractivity contribution in [2.75, 3.05) is 19.0 Å². The highest BCUT2D eigenvalue weighted by Crippen LogP contribution is 2.29. The van der Waals surface area contributed by atoms with Crippen LogP contribution in [0.3, 0.4) is 0 Å². The molecule has 0 aliphatic carbocycles. The molecule has 0 unspecified atom stereocenters. The molecule has 0 atom stereocenters. The van der Waals surface area contributed by atoms with E-state index >= 15 is 0 Å². The maximum atomic E-state index is 12.3. The van der Waals surface area contributed by atoms with Crippen LogP contribution in [0.4, 0.5) is 0 Å². The number of phenolic OH excluding ortho intramolecular Hbond substituents is 1. The summed E-state index contributed by atoms with van der Waals surface area (Å²) in [4.78, 5) is 14.0. The van der Waals surface area contributed by atoms with Crippen molar-refractivity contribution in [2.24, 2.45) is 0 Å². The Morgan fingerprint density at radius 1 is 1.26 bits per heavy atom. The van der Waals surface area contributed by atoms with E-state index in [4.69, 9.17) is 11.6 Å². The van der Waals surface area contributed by atoms with E-state index in [-0.39, 0.29) is 11.7 Å². The maximum Gasteiger partial charge on any atom is 0.257 e. The molecule has 0 heterocycles. The highest BCUT2D eigenvalue weighted by atomic mass is 35.5. The molecule has 100 valence electrons. The standard InChI is InChI=1S/C15H16ClNO2/c1-2-17(10-9-16)15(19)13-8-7-11-5-3-4-6-12(11)14(13)18/h3-8,18H,2,9-10H2,1H3. The van der Waals surface area contributed by atoms with E-state index in [1.54, 1.807) is 17.0 Å². The average molecular weight is 278 g/mol. The van der Waals surface area contributed by atoms with E-state index in [1.165, 1.54) is 0 Å². The molecule has 19 heavy (non-hydrogen) atoms. The van der Waals surface area contributed by atoms with Gasteiger partial charge in [-0.15, -0.1) is 11.6 Å². The monoisotopic (exact) mass is 277 g/mol. The van der Waals surface area contributed by atoms with Crippen molar-refractivity contribution in [2.45, 2.75) is 6.92 Å². The van der Waals surface area contributed by atoms with Crippen LogP contribution in [-0.2, 0) is 0 Å². The predicted molar refractivity (Wildman–Crippen MR) is 77.9 cm³/mol. The Balaban J connectivity index is 2.45. The molecule has 1 N–H and O–H groups in total. The first-order valence-electron chi connectivity index (χ1n) is 6.25. The third-order valence-electron chi connectivity index (χ3n) is 3.15. The summed E-state index contributed by atoms with van der Waals surface area (Å²) in [7, 11) is 0. The number of amides is 1. The fourth-order valence-corrected chi connectivity index (χ4v) is 2.31. The fourth-order valence-electron chi connectivity index (χ4n) is 2.10. The summed E-state index contributed by atoms with van der Waals surface area (Å²) in [6.45, 7) is 2.93. The van der Waals surface area contributed by atoms with E-state index in [0.717, 1.165) is 5.39 Å².